The van der Waals surface area contributed by atoms with Crippen molar-refractivity contribution < 1.29 is 14.7 Å². The molecule has 1 atom stereocenters. The van der Waals surface area contributed by atoms with Gasteiger partial charge in [-0.1, -0.05) is 6.92 Å². The smallest absolute Gasteiger partial charge is 0.311 e. The van der Waals surface area contributed by atoms with E-state index in [9.17, 15) is 14.7 Å². The Morgan fingerprint density at radius 3 is 2.78 bits per heavy atom. The van der Waals surface area contributed by atoms with Crippen LogP contribution in [0.5, 0.6) is 0 Å². The molecule has 1 aromatic rings. The van der Waals surface area contributed by atoms with E-state index in [-0.39, 0.29) is 5.91 Å². The zero-order valence-electron chi connectivity index (χ0n) is 9.98. The van der Waals surface area contributed by atoms with Crippen molar-refractivity contribution in [1.82, 2.24) is 4.90 Å². The summed E-state index contributed by atoms with van der Waals surface area (Å²) in [5, 5.41) is 11.1. The molecule has 6 heteroatoms. The number of hydrogen-bond donors (Lipinski definition) is 1. The maximum Gasteiger partial charge on any atom is 0.311 e. The fourth-order valence-electron chi connectivity index (χ4n) is 2.26. The van der Waals surface area contributed by atoms with Gasteiger partial charge in [0.2, 0.25) is 0 Å². The number of thiophene rings is 1. The van der Waals surface area contributed by atoms with Crippen LogP contribution in [-0.2, 0) is 4.79 Å². The zero-order chi connectivity index (χ0) is 13.3. The third-order valence-electron chi connectivity index (χ3n) is 3.59. The molecule has 1 fully saturated rings. The van der Waals surface area contributed by atoms with E-state index >= 15 is 0 Å². The molecule has 1 aliphatic heterocycles. The molecule has 98 valence electrons. The summed E-state index contributed by atoms with van der Waals surface area (Å²) in [6.45, 7) is 2.73. The topological polar surface area (TPSA) is 57.6 Å². The molecule has 0 aliphatic carbocycles. The molecular weight excluding hydrogens is 365 g/mol. The number of aliphatic carboxylic acids is 1. The largest absolute Gasteiger partial charge is 0.481 e. The summed E-state index contributed by atoms with van der Waals surface area (Å²) in [6, 6.07) is 1.85. The summed E-state index contributed by atoms with van der Waals surface area (Å²) in [6.07, 6.45) is 1.11. The Morgan fingerprint density at radius 1 is 1.61 bits per heavy atom. The number of likely N-dealkylation sites (tertiary alicyclic amines) is 1. The molecule has 4 nitrogen and oxygen atoms in total. The molecular formula is C12H14INO3S. The first kappa shape index (κ1) is 13.8. The van der Waals surface area contributed by atoms with E-state index in [0.717, 1.165) is 2.88 Å². The van der Waals surface area contributed by atoms with Crippen LogP contribution in [0.3, 0.4) is 0 Å². The molecule has 0 saturated carbocycles. The van der Waals surface area contributed by atoms with Gasteiger partial charge in [0, 0.05) is 18.5 Å². The first-order chi connectivity index (χ1) is 8.48. The summed E-state index contributed by atoms with van der Waals surface area (Å²) in [5.41, 5.74) is -0.0829. The molecule has 0 spiro atoms. The van der Waals surface area contributed by atoms with Gasteiger partial charge in [0.15, 0.2) is 0 Å². The van der Waals surface area contributed by atoms with Gasteiger partial charge in [0.05, 0.1) is 13.9 Å². The Morgan fingerprint density at radius 2 is 2.33 bits per heavy atom. The molecule has 1 amide bonds. The Labute approximate surface area is 123 Å². The molecule has 1 aromatic heterocycles. The molecule has 0 bridgehead atoms. The van der Waals surface area contributed by atoms with E-state index in [1.165, 1.54) is 11.3 Å². The van der Waals surface area contributed by atoms with Crippen LogP contribution < -0.4 is 0 Å². The number of carboxylic acid groups (broad SMARTS) is 1. The second-order valence-electron chi connectivity index (χ2n) is 4.56. The molecule has 1 aliphatic rings. The third-order valence-corrected chi connectivity index (χ3v) is 5.37. The predicted molar refractivity (Wildman–Crippen MR) is 77.9 cm³/mol. The lowest BCUT2D eigenvalue weighted by Crippen LogP contribution is -2.36. The Kier molecular flexibility index (Phi) is 3.96. The van der Waals surface area contributed by atoms with Crippen molar-refractivity contribution >= 4 is 45.8 Å². The highest BCUT2D eigenvalue weighted by Crippen LogP contribution is 2.35. The highest BCUT2D eigenvalue weighted by atomic mass is 127. The van der Waals surface area contributed by atoms with Crippen LogP contribution in [0.1, 0.15) is 30.1 Å². The van der Waals surface area contributed by atoms with Crippen molar-refractivity contribution in [3.05, 3.63) is 19.9 Å². The van der Waals surface area contributed by atoms with Crippen LogP contribution in [-0.4, -0.2) is 35.0 Å². The van der Waals surface area contributed by atoms with E-state index in [1.807, 2.05) is 18.4 Å². The summed E-state index contributed by atoms with van der Waals surface area (Å²) in [7, 11) is 0. The van der Waals surface area contributed by atoms with Crippen molar-refractivity contribution in [2.24, 2.45) is 5.41 Å². The van der Waals surface area contributed by atoms with Crippen LogP contribution in [0.25, 0.3) is 0 Å². The molecule has 1 unspecified atom stereocenters. The number of carbonyl (C=O) groups excluding carboxylic acids is 1. The minimum absolute atomic E-state index is 0.0502. The molecule has 1 saturated heterocycles. The SMILES string of the molecule is CCC1(C(=O)O)CCN(C(=O)c2csc(I)c2)C1. The number of amides is 1. The van der Waals surface area contributed by atoms with Crippen LogP contribution in [0.15, 0.2) is 11.4 Å². The second kappa shape index (κ2) is 5.16. The Balaban J connectivity index is 2.13. The zero-order valence-corrected chi connectivity index (χ0v) is 13.0. The first-order valence-electron chi connectivity index (χ1n) is 5.75. The average molecular weight is 379 g/mol. The lowest BCUT2D eigenvalue weighted by atomic mass is 9.84. The molecule has 18 heavy (non-hydrogen) atoms. The van der Waals surface area contributed by atoms with Gasteiger partial charge in [0.1, 0.15) is 0 Å². The van der Waals surface area contributed by atoms with E-state index in [4.69, 9.17) is 0 Å². The Hall–Kier alpha value is -0.630. The number of rotatable bonds is 3. The molecule has 2 rings (SSSR count). The molecule has 0 aromatic carbocycles. The summed E-state index contributed by atoms with van der Waals surface area (Å²) < 4.78 is 1.06. The Bertz CT molecular complexity index is 487. The van der Waals surface area contributed by atoms with Gasteiger partial charge in [-0.05, 0) is 41.5 Å². The summed E-state index contributed by atoms with van der Waals surface area (Å²) in [5.74, 6) is -0.842. The molecule has 1 N–H and O–H groups in total. The maximum absolute atomic E-state index is 12.2. The van der Waals surface area contributed by atoms with E-state index in [2.05, 4.69) is 22.6 Å². The van der Waals surface area contributed by atoms with Crippen molar-refractivity contribution in [2.75, 3.05) is 13.1 Å². The van der Waals surface area contributed by atoms with Gasteiger partial charge >= 0.3 is 5.97 Å². The predicted octanol–water partition coefficient (Wildman–Crippen LogP) is 2.68. The number of hydrogen-bond acceptors (Lipinski definition) is 3. The number of nitrogens with zero attached hydrogens (tertiary/aromatic N) is 1. The quantitative estimate of drug-likeness (QED) is 0.822. The van der Waals surface area contributed by atoms with Crippen LogP contribution >= 0.6 is 33.9 Å². The highest BCUT2D eigenvalue weighted by molar-refractivity contribution is 14.1. The van der Waals surface area contributed by atoms with Crippen molar-refractivity contribution in [2.45, 2.75) is 19.8 Å². The van der Waals surface area contributed by atoms with E-state index in [0.29, 0.717) is 31.5 Å². The standard InChI is InChI=1S/C12H14INO3S/c1-2-12(11(16)17)3-4-14(7-12)10(15)8-5-9(13)18-6-8/h5-6H,2-4,7H2,1H3,(H,16,17). The summed E-state index contributed by atoms with van der Waals surface area (Å²) >= 11 is 3.70. The normalized spacial score (nSPS) is 23.3. The second-order valence-corrected chi connectivity index (χ2v) is 7.36. The minimum atomic E-state index is -0.791. The fourth-order valence-corrected chi connectivity index (χ4v) is 3.59. The lowest BCUT2D eigenvalue weighted by molar-refractivity contribution is -0.148. The number of halogens is 1. The highest BCUT2D eigenvalue weighted by Gasteiger charge is 2.44. The van der Waals surface area contributed by atoms with Gasteiger partial charge in [-0.15, -0.1) is 11.3 Å². The van der Waals surface area contributed by atoms with Gasteiger partial charge in [-0.25, -0.2) is 0 Å². The first-order valence-corrected chi connectivity index (χ1v) is 7.71. The van der Waals surface area contributed by atoms with Crippen molar-refractivity contribution in [3.8, 4) is 0 Å². The molecule has 2 heterocycles. The van der Waals surface area contributed by atoms with Crippen molar-refractivity contribution in [1.29, 1.82) is 0 Å². The van der Waals surface area contributed by atoms with Crippen LogP contribution in [0, 0.1) is 8.30 Å². The van der Waals surface area contributed by atoms with Crippen molar-refractivity contribution in [3.63, 3.8) is 0 Å². The van der Waals surface area contributed by atoms with Crippen LogP contribution in [0.4, 0.5) is 0 Å². The van der Waals surface area contributed by atoms with Gasteiger partial charge in [-0.3, -0.25) is 9.59 Å². The van der Waals surface area contributed by atoms with Crippen LogP contribution in [0.2, 0.25) is 0 Å². The fraction of sp³-hybridized carbons (Fsp3) is 0.500. The lowest BCUT2D eigenvalue weighted by Gasteiger charge is -2.22. The van der Waals surface area contributed by atoms with E-state index < -0.39 is 11.4 Å². The average Bonchev–Trinajstić information content (AvgIpc) is 2.95. The number of carbonyl (C=O) groups is 2. The summed E-state index contributed by atoms with van der Waals surface area (Å²) in [4.78, 5) is 25.2. The monoisotopic (exact) mass is 379 g/mol. The number of carboxylic acids is 1. The van der Waals surface area contributed by atoms with Gasteiger partial charge < -0.3 is 10.0 Å². The van der Waals surface area contributed by atoms with Gasteiger partial charge in [0.25, 0.3) is 5.91 Å². The molecule has 0 radical (unpaired) electrons. The van der Waals surface area contributed by atoms with Gasteiger partial charge in [-0.2, -0.15) is 0 Å². The third kappa shape index (κ3) is 2.40. The minimum Gasteiger partial charge on any atom is -0.481 e. The van der Waals surface area contributed by atoms with E-state index in [1.54, 1.807) is 4.90 Å². The maximum atomic E-state index is 12.2.